The van der Waals surface area contributed by atoms with Crippen LogP contribution in [0.1, 0.15) is 23.7 Å². The van der Waals surface area contributed by atoms with Gasteiger partial charge in [-0.1, -0.05) is 40.9 Å². The van der Waals surface area contributed by atoms with Gasteiger partial charge in [0.15, 0.2) is 0 Å². The zero-order valence-electron chi connectivity index (χ0n) is 11.3. The third-order valence-corrected chi connectivity index (χ3v) is 4.05. The van der Waals surface area contributed by atoms with E-state index in [9.17, 15) is 5.11 Å². The van der Waals surface area contributed by atoms with Crippen LogP contribution >= 0.6 is 34.8 Å². The Morgan fingerprint density at radius 1 is 1.19 bits per heavy atom. The summed E-state index contributed by atoms with van der Waals surface area (Å²) in [5.41, 5.74) is 1.57. The van der Waals surface area contributed by atoms with Crippen LogP contribution in [0.4, 0.5) is 0 Å². The molecular weight excluding hydrogens is 333 g/mol. The van der Waals surface area contributed by atoms with Gasteiger partial charge in [0.05, 0.1) is 28.3 Å². The number of hydrogen-bond donors (Lipinski definition) is 1. The number of aliphatic hydroxyl groups excluding tert-OH is 1. The molecule has 0 fully saturated rings. The molecule has 0 spiro atoms. The van der Waals surface area contributed by atoms with Gasteiger partial charge in [-0.2, -0.15) is 0 Å². The van der Waals surface area contributed by atoms with Crippen LogP contribution in [0.3, 0.4) is 0 Å². The van der Waals surface area contributed by atoms with Gasteiger partial charge >= 0.3 is 0 Å². The van der Waals surface area contributed by atoms with Crippen LogP contribution in [0.25, 0.3) is 0 Å². The number of aryl methyl sites for hydroxylation is 1. The van der Waals surface area contributed by atoms with E-state index < -0.39 is 6.10 Å². The Kier molecular flexibility index (Phi) is 5.71. The third kappa shape index (κ3) is 4.24. The molecule has 1 heterocycles. The van der Waals surface area contributed by atoms with Crippen LogP contribution < -0.4 is 4.74 Å². The van der Waals surface area contributed by atoms with E-state index >= 15 is 0 Å². The van der Waals surface area contributed by atoms with Crippen LogP contribution in [-0.4, -0.2) is 17.2 Å². The summed E-state index contributed by atoms with van der Waals surface area (Å²) in [5.74, 6) is 0.515. The molecule has 0 saturated carbocycles. The highest BCUT2D eigenvalue weighted by molar-refractivity contribution is 6.42. The second-order valence-electron chi connectivity index (χ2n) is 4.55. The number of benzene rings is 1. The highest BCUT2D eigenvalue weighted by Gasteiger charge is 2.12. The van der Waals surface area contributed by atoms with Crippen molar-refractivity contribution in [1.82, 2.24) is 4.98 Å². The number of hydrogen-bond acceptors (Lipinski definition) is 3. The SMILES string of the molecule is COc1ncc(Cl)cc1CCC(O)c1ccc(Cl)c(Cl)c1. The van der Waals surface area contributed by atoms with E-state index in [2.05, 4.69) is 4.98 Å². The normalized spacial score (nSPS) is 12.2. The molecular formula is C15H14Cl3NO2. The van der Waals surface area contributed by atoms with Crippen molar-refractivity contribution in [2.45, 2.75) is 18.9 Å². The molecule has 2 rings (SSSR count). The molecule has 6 heteroatoms. The molecule has 0 aliphatic carbocycles. The van der Waals surface area contributed by atoms with Gasteiger partial charge in [0.25, 0.3) is 0 Å². The minimum absolute atomic E-state index is 0.426. The lowest BCUT2D eigenvalue weighted by Gasteiger charge is -2.13. The largest absolute Gasteiger partial charge is 0.481 e. The molecule has 0 amide bonds. The van der Waals surface area contributed by atoms with E-state index in [0.29, 0.717) is 33.8 Å². The molecule has 21 heavy (non-hydrogen) atoms. The standard InChI is InChI=1S/C15H14Cl3NO2/c1-21-15-10(6-11(16)8-19-15)3-5-14(20)9-2-4-12(17)13(18)7-9/h2,4,6-8,14,20H,3,5H2,1H3. The number of aliphatic hydroxyl groups is 1. The summed E-state index contributed by atoms with van der Waals surface area (Å²) < 4.78 is 5.18. The van der Waals surface area contributed by atoms with E-state index in [1.807, 2.05) is 0 Å². The first-order valence-corrected chi connectivity index (χ1v) is 7.46. The Morgan fingerprint density at radius 3 is 2.62 bits per heavy atom. The highest BCUT2D eigenvalue weighted by atomic mass is 35.5. The van der Waals surface area contributed by atoms with Crippen molar-refractivity contribution in [3.8, 4) is 5.88 Å². The zero-order valence-corrected chi connectivity index (χ0v) is 13.6. The average Bonchev–Trinajstić information content (AvgIpc) is 2.47. The lowest BCUT2D eigenvalue weighted by molar-refractivity contribution is 0.167. The van der Waals surface area contributed by atoms with Crippen molar-refractivity contribution in [3.63, 3.8) is 0 Å². The Bertz CT molecular complexity index is 634. The smallest absolute Gasteiger partial charge is 0.216 e. The summed E-state index contributed by atoms with van der Waals surface area (Å²) in [5, 5.41) is 11.7. The van der Waals surface area contributed by atoms with Gasteiger partial charge in [-0.05, 0) is 36.6 Å². The fourth-order valence-corrected chi connectivity index (χ4v) is 2.50. The molecule has 3 nitrogen and oxygen atoms in total. The minimum atomic E-state index is -0.650. The number of halogens is 3. The van der Waals surface area contributed by atoms with E-state index in [4.69, 9.17) is 39.5 Å². The van der Waals surface area contributed by atoms with Crippen LogP contribution in [0, 0.1) is 0 Å². The summed E-state index contributed by atoms with van der Waals surface area (Å²) >= 11 is 17.7. The van der Waals surface area contributed by atoms with Gasteiger partial charge < -0.3 is 9.84 Å². The van der Waals surface area contributed by atoms with Gasteiger partial charge in [-0.25, -0.2) is 4.98 Å². The van der Waals surface area contributed by atoms with E-state index in [1.165, 1.54) is 6.20 Å². The molecule has 0 aliphatic heterocycles. The first-order chi connectivity index (χ1) is 10.0. The minimum Gasteiger partial charge on any atom is -0.481 e. The molecule has 1 aromatic heterocycles. The Balaban J connectivity index is 2.08. The highest BCUT2D eigenvalue weighted by Crippen LogP contribution is 2.29. The number of nitrogens with zero attached hydrogens (tertiary/aromatic N) is 1. The van der Waals surface area contributed by atoms with Crippen molar-refractivity contribution < 1.29 is 9.84 Å². The van der Waals surface area contributed by atoms with Crippen LogP contribution in [0.2, 0.25) is 15.1 Å². The van der Waals surface area contributed by atoms with Gasteiger partial charge in [-0.15, -0.1) is 0 Å². The molecule has 112 valence electrons. The molecule has 0 aliphatic rings. The number of ether oxygens (including phenoxy) is 1. The van der Waals surface area contributed by atoms with E-state index in [0.717, 1.165) is 11.1 Å². The van der Waals surface area contributed by atoms with Gasteiger partial charge in [0.2, 0.25) is 5.88 Å². The van der Waals surface area contributed by atoms with E-state index in [1.54, 1.807) is 31.4 Å². The first-order valence-electron chi connectivity index (χ1n) is 6.32. The second-order valence-corrected chi connectivity index (χ2v) is 5.80. The van der Waals surface area contributed by atoms with Crippen LogP contribution in [0.15, 0.2) is 30.5 Å². The predicted molar refractivity (Wildman–Crippen MR) is 85.5 cm³/mol. The van der Waals surface area contributed by atoms with Crippen LogP contribution in [-0.2, 0) is 6.42 Å². The number of aromatic nitrogens is 1. The van der Waals surface area contributed by atoms with Gasteiger partial charge in [0.1, 0.15) is 0 Å². The summed E-state index contributed by atoms with van der Waals surface area (Å²) in [6, 6.07) is 6.88. The Labute approximate surface area is 138 Å². The molecule has 0 saturated heterocycles. The Morgan fingerprint density at radius 2 is 1.95 bits per heavy atom. The zero-order chi connectivity index (χ0) is 15.4. The monoisotopic (exact) mass is 345 g/mol. The molecule has 0 bridgehead atoms. The van der Waals surface area contributed by atoms with Crippen LogP contribution in [0.5, 0.6) is 5.88 Å². The summed E-state index contributed by atoms with van der Waals surface area (Å²) in [6.07, 6.45) is 1.96. The van der Waals surface area contributed by atoms with Crippen molar-refractivity contribution >= 4 is 34.8 Å². The fraction of sp³-hybridized carbons (Fsp3) is 0.267. The molecule has 1 unspecified atom stereocenters. The van der Waals surface area contributed by atoms with Crippen molar-refractivity contribution in [1.29, 1.82) is 0 Å². The molecule has 0 radical (unpaired) electrons. The maximum atomic E-state index is 10.2. The van der Waals surface area contributed by atoms with Crippen molar-refractivity contribution in [3.05, 3.63) is 56.7 Å². The average molecular weight is 347 g/mol. The fourth-order valence-electron chi connectivity index (χ4n) is 2.01. The Hall–Kier alpha value is -1.000. The first kappa shape index (κ1) is 16.4. The van der Waals surface area contributed by atoms with Gasteiger partial charge in [-0.3, -0.25) is 0 Å². The predicted octanol–water partition coefficient (Wildman–Crippen LogP) is 4.72. The lowest BCUT2D eigenvalue weighted by atomic mass is 10.0. The number of methoxy groups -OCH3 is 1. The topological polar surface area (TPSA) is 42.4 Å². The summed E-state index contributed by atoms with van der Waals surface area (Å²) in [6.45, 7) is 0. The van der Waals surface area contributed by atoms with E-state index in [-0.39, 0.29) is 0 Å². The van der Waals surface area contributed by atoms with Gasteiger partial charge in [0, 0.05) is 11.8 Å². The maximum Gasteiger partial charge on any atom is 0.216 e. The molecule has 1 atom stereocenters. The summed E-state index contributed by atoms with van der Waals surface area (Å²) in [7, 11) is 1.55. The van der Waals surface area contributed by atoms with Crippen molar-refractivity contribution in [2.75, 3.05) is 7.11 Å². The van der Waals surface area contributed by atoms with Crippen molar-refractivity contribution in [2.24, 2.45) is 0 Å². The molecule has 2 aromatic rings. The number of pyridine rings is 1. The quantitative estimate of drug-likeness (QED) is 0.852. The molecule has 1 aromatic carbocycles. The number of rotatable bonds is 5. The second kappa shape index (κ2) is 7.32. The maximum absolute atomic E-state index is 10.2. The lowest BCUT2D eigenvalue weighted by Crippen LogP contribution is -2.02. The third-order valence-electron chi connectivity index (χ3n) is 3.10. The summed E-state index contributed by atoms with van der Waals surface area (Å²) in [4.78, 5) is 4.10. The molecule has 1 N–H and O–H groups in total.